The minimum absolute atomic E-state index is 0.0788. The predicted octanol–water partition coefficient (Wildman–Crippen LogP) is 1.12. The summed E-state index contributed by atoms with van der Waals surface area (Å²) in [5, 5.41) is 9.58. The van der Waals surface area contributed by atoms with Crippen LogP contribution < -0.4 is 16.4 Å². The SMILES string of the molecule is CNC(=O)Cn1cc(NC(=O)c2ccc(Cl)cc2N)cn1. The number of aromatic nitrogens is 2. The normalized spacial score (nSPS) is 10.2. The van der Waals surface area contributed by atoms with Crippen molar-refractivity contribution >= 4 is 34.8 Å². The van der Waals surface area contributed by atoms with Gasteiger partial charge in [0.25, 0.3) is 5.91 Å². The lowest BCUT2D eigenvalue weighted by atomic mass is 10.1. The molecule has 0 unspecified atom stereocenters. The molecule has 0 atom stereocenters. The molecule has 2 amide bonds. The minimum atomic E-state index is -0.372. The summed E-state index contributed by atoms with van der Waals surface area (Å²) >= 11 is 5.78. The molecule has 21 heavy (non-hydrogen) atoms. The number of hydrogen-bond donors (Lipinski definition) is 3. The minimum Gasteiger partial charge on any atom is -0.398 e. The van der Waals surface area contributed by atoms with Crippen molar-refractivity contribution < 1.29 is 9.59 Å². The van der Waals surface area contributed by atoms with Crippen molar-refractivity contribution in [3.8, 4) is 0 Å². The summed E-state index contributed by atoms with van der Waals surface area (Å²) < 4.78 is 1.42. The van der Waals surface area contributed by atoms with Crippen LogP contribution in [0.15, 0.2) is 30.6 Å². The molecular formula is C13H14ClN5O2. The first kappa shape index (κ1) is 14.9. The number of carbonyl (C=O) groups excluding carboxylic acids is 2. The topological polar surface area (TPSA) is 102 Å². The average molecular weight is 308 g/mol. The van der Waals surface area contributed by atoms with Crippen LogP contribution in [0.2, 0.25) is 5.02 Å². The smallest absolute Gasteiger partial charge is 0.257 e. The molecule has 1 aromatic heterocycles. The third kappa shape index (κ3) is 3.73. The zero-order chi connectivity index (χ0) is 15.4. The van der Waals surface area contributed by atoms with E-state index >= 15 is 0 Å². The van der Waals surface area contributed by atoms with Gasteiger partial charge in [0, 0.05) is 24.0 Å². The summed E-state index contributed by atoms with van der Waals surface area (Å²) in [4.78, 5) is 23.3. The number of nitrogens with two attached hydrogens (primary N) is 1. The molecule has 0 fully saturated rings. The molecule has 1 heterocycles. The van der Waals surface area contributed by atoms with Crippen LogP contribution in [0.3, 0.4) is 0 Å². The predicted molar refractivity (Wildman–Crippen MR) is 80.1 cm³/mol. The molecule has 2 aromatic rings. The maximum absolute atomic E-state index is 12.1. The van der Waals surface area contributed by atoms with Crippen LogP contribution in [-0.4, -0.2) is 28.6 Å². The van der Waals surface area contributed by atoms with E-state index in [0.29, 0.717) is 16.3 Å². The van der Waals surface area contributed by atoms with E-state index in [2.05, 4.69) is 15.7 Å². The van der Waals surface area contributed by atoms with Crippen molar-refractivity contribution in [3.63, 3.8) is 0 Å². The quantitative estimate of drug-likeness (QED) is 0.736. The number of nitrogen functional groups attached to an aromatic ring is 1. The zero-order valence-corrected chi connectivity index (χ0v) is 12.0. The highest BCUT2D eigenvalue weighted by Gasteiger charge is 2.11. The summed E-state index contributed by atoms with van der Waals surface area (Å²) in [6.07, 6.45) is 3.01. The van der Waals surface area contributed by atoms with Gasteiger partial charge in [0.05, 0.1) is 17.4 Å². The highest BCUT2D eigenvalue weighted by molar-refractivity contribution is 6.31. The number of likely N-dealkylation sites (N-methyl/N-ethyl adjacent to an activating group) is 1. The maximum atomic E-state index is 12.1. The fourth-order valence-electron chi connectivity index (χ4n) is 1.68. The van der Waals surface area contributed by atoms with E-state index in [-0.39, 0.29) is 24.0 Å². The molecule has 7 nitrogen and oxygen atoms in total. The van der Waals surface area contributed by atoms with E-state index in [1.807, 2.05) is 0 Å². The number of nitrogens with one attached hydrogen (secondary N) is 2. The van der Waals surface area contributed by atoms with Crippen molar-refractivity contribution in [2.75, 3.05) is 18.1 Å². The summed E-state index contributed by atoms with van der Waals surface area (Å²) in [7, 11) is 1.54. The highest BCUT2D eigenvalue weighted by Crippen LogP contribution is 2.19. The third-order valence-electron chi connectivity index (χ3n) is 2.73. The number of halogens is 1. The first-order chi connectivity index (χ1) is 9.99. The standard InChI is InChI=1S/C13H14ClN5O2/c1-16-12(20)7-19-6-9(5-17-19)18-13(21)10-3-2-8(14)4-11(10)15/h2-6H,7,15H2,1H3,(H,16,20)(H,18,21). The molecule has 0 aliphatic heterocycles. The Kier molecular flexibility index (Phi) is 4.44. The first-order valence-electron chi connectivity index (χ1n) is 6.09. The fourth-order valence-corrected chi connectivity index (χ4v) is 1.86. The molecule has 0 aliphatic rings. The lowest BCUT2D eigenvalue weighted by Gasteiger charge is -2.06. The van der Waals surface area contributed by atoms with Crippen molar-refractivity contribution in [2.24, 2.45) is 0 Å². The number of carbonyl (C=O) groups is 2. The van der Waals surface area contributed by atoms with Gasteiger partial charge in [0.2, 0.25) is 5.91 Å². The Morgan fingerprint density at radius 1 is 1.43 bits per heavy atom. The summed E-state index contributed by atoms with van der Waals surface area (Å²) in [6.45, 7) is 0.0788. The van der Waals surface area contributed by atoms with Gasteiger partial charge >= 0.3 is 0 Å². The number of hydrogen-bond acceptors (Lipinski definition) is 4. The molecule has 2 rings (SSSR count). The molecule has 110 valence electrons. The molecule has 0 aliphatic carbocycles. The largest absolute Gasteiger partial charge is 0.398 e. The van der Waals surface area contributed by atoms with Crippen LogP contribution in [0.25, 0.3) is 0 Å². The molecule has 0 spiro atoms. The maximum Gasteiger partial charge on any atom is 0.257 e. The molecule has 8 heteroatoms. The molecule has 0 saturated carbocycles. The van der Waals surface area contributed by atoms with E-state index in [9.17, 15) is 9.59 Å². The monoisotopic (exact) mass is 307 g/mol. The number of amides is 2. The van der Waals surface area contributed by atoms with Crippen LogP contribution in [0.5, 0.6) is 0 Å². The van der Waals surface area contributed by atoms with Crippen molar-refractivity contribution in [1.29, 1.82) is 0 Å². The van der Waals surface area contributed by atoms with Gasteiger partial charge in [-0.15, -0.1) is 0 Å². The Morgan fingerprint density at radius 3 is 2.86 bits per heavy atom. The van der Waals surface area contributed by atoms with Gasteiger partial charge in [0.1, 0.15) is 6.54 Å². The van der Waals surface area contributed by atoms with Gasteiger partial charge in [-0.05, 0) is 18.2 Å². The Morgan fingerprint density at radius 2 is 2.19 bits per heavy atom. The fraction of sp³-hybridized carbons (Fsp3) is 0.154. The molecule has 1 aromatic carbocycles. The van der Waals surface area contributed by atoms with Gasteiger partial charge in [-0.25, -0.2) is 0 Å². The van der Waals surface area contributed by atoms with Gasteiger partial charge in [-0.2, -0.15) is 5.10 Å². The number of rotatable bonds is 4. The van der Waals surface area contributed by atoms with E-state index in [4.69, 9.17) is 17.3 Å². The van der Waals surface area contributed by atoms with Crippen LogP contribution in [-0.2, 0) is 11.3 Å². The molecular weight excluding hydrogens is 294 g/mol. The Labute approximate surface area is 126 Å². The molecule has 4 N–H and O–H groups in total. The molecule has 0 radical (unpaired) electrons. The van der Waals surface area contributed by atoms with E-state index in [1.54, 1.807) is 18.3 Å². The lowest BCUT2D eigenvalue weighted by Crippen LogP contribution is -2.23. The Hall–Kier alpha value is -2.54. The second kappa shape index (κ2) is 6.27. The van der Waals surface area contributed by atoms with Gasteiger partial charge in [-0.1, -0.05) is 11.6 Å². The second-order valence-corrected chi connectivity index (χ2v) is 4.72. The van der Waals surface area contributed by atoms with Crippen LogP contribution in [0.1, 0.15) is 10.4 Å². The molecule has 0 bridgehead atoms. The summed E-state index contributed by atoms with van der Waals surface area (Å²) in [5.41, 5.74) is 6.82. The van der Waals surface area contributed by atoms with E-state index < -0.39 is 0 Å². The third-order valence-corrected chi connectivity index (χ3v) is 2.97. The average Bonchev–Trinajstić information content (AvgIpc) is 2.85. The van der Waals surface area contributed by atoms with Gasteiger partial charge in [-0.3, -0.25) is 14.3 Å². The second-order valence-electron chi connectivity index (χ2n) is 4.29. The van der Waals surface area contributed by atoms with Crippen molar-refractivity contribution in [1.82, 2.24) is 15.1 Å². The van der Waals surface area contributed by atoms with Crippen molar-refractivity contribution in [2.45, 2.75) is 6.54 Å². The zero-order valence-electron chi connectivity index (χ0n) is 11.3. The number of anilines is 2. The summed E-state index contributed by atoms with van der Waals surface area (Å²) in [5.74, 6) is -0.554. The van der Waals surface area contributed by atoms with Crippen LogP contribution in [0, 0.1) is 0 Å². The van der Waals surface area contributed by atoms with Gasteiger partial charge < -0.3 is 16.4 Å². The van der Waals surface area contributed by atoms with E-state index in [0.717, 1.165) is 0 Å². The highest BCUT2D eigenvalue weighted by atomic mass is 35.5. The van der Waals surface area contributed by atoms with Crippen LogP contribution >= 0.6 is 11.6 Å². The Balaban J connectivity index is 2.07. The van der Waals surface area contributed by atoms with Gasteiger partial charge in [0.15, 0.2) is 0 Å². The summed E-state index contributed by atoms with van der Waals surface area (Å²) in [6, 6.07) is 4.63. The lowest BCUT2D eigenvalue weighted by molar-refractivity contribution is -0.121. The first-order valence-corrected chi connectivity index (χ1v) is 6.47. The van der Waals surface area contributed by atoms with Crippen LogP contribution in [0.4, 0.5) is 11.4 Å². The number of benzene rings is 1. The van der Waals surface area contributed by atoms with Crippen molar-refractivity contribution in [3.05, 3.63) is 41.2 Å². The van der Waals surface area contributed by atoms with E-state index in [1.165, 1.54) is 24.0 Å². The molecule has 0 saturated heterocycles. The Bertz CT molecular complexity index is 683. The number of nitrogens with zero attached hydrogens (tertiary/aromatic N) is 2.